The largest absolute Gasteiger partial charge is 0.480 e. The van der Waals surface area contributed by atoms with E-state index in [0.29, 0.717) is 0 Å². The molecule has 0 aromatic rings. The summed E-state index contributed by atoms with van der Waals surface area (Å²) >= 11 is 0. The van der Waals surface area contributed by atoms with Gasteiger partial charge in [-0.3, -0.25) is 14.4 Å². The standard InChI is InChI=1S/C4H8N2O3.C3H5NO/c5-1-3(7)6-2-4(8)9;1-2-3(4)5/h1-2,5H2,(H,6,7)(H,8,9);2H,1H2,(H2,4,5). The molecule has 0 aliphatic rings. The van der Waals surface area contributed by atoms with Gasteiger partial charge in [0.2, 0.25) is 11.8 Å². The molecule has 0 radical (unpaired) electrons. The van der Waals surface area contributed by atoms with Crippen molar-refractivity contribution in [3.63, 3.8) is 0 Å². The van der Waals surface area contributed by atoms with E-state index < -0.39 is 17.8 Å². The molecule has 7 nitrogen and oxygen atoms in total. The molecule has 0 aromatic heterocycles. The van der Waals surface area contributed by atoms with Crippen molar-refractivity contribution in [2.75, 3.05) is 13.1 Å². The van der Waals surface area contributed by atoms with Gasteiger partial charge in [0, 0.05) is 0 Å². The van der Waals surface area contributed by atoms with Gasteiger partial charge in [-0.25, -0.2) is 0 Å². The summed E-state index contributed by atoms with van der Waals surface area (Å²) in [6.45, 7) is 2.55. The molecule has 0 atom stereocenters. The van der Waals surface area contributed by atoms with Crippen molar-refractivity contribution in [3.8, 4) is 0 Å². The highest BCUT2D eigenvalue weighted by Gasteiger charge is 1.98. The van der Waals surface area contributed by atoms with E-state index in [2.05, 4.69) is 17.6 Å². The van der Waals surface area contributed by atoms with Crippen LogP contribution in [0, 0.1) is 0 Å². The van der Waals surface area contributed by atoms with Crippen LogP contribution >= 0.6 is 0 Å². The Hall–Kier alpha value is -1.89. The van der Waals surface area contributed by atoms with Gasteiger partial charge in [0.15, 0.2) is 0 Å². The van der Waals surface area contributed by atoms with Gasteiger partial charge in [-0.05, 0) is 6.08 Å². The van der Waals surface area contributed by atoms with E-state index in [1.54, 1.807) is 0 Å². The Labute approximate surface area is 80.8 Å². The van der Waals surface area contributed by atoms with Gasteiger partial charge in [-0.15, -0.1) is 0 Å². The zero-order chi connectivity index (χ0) is 11.6. The monoisotopic (exact) mass is 203 g/mol. The zero-order valence-corrected chi connectivity index (χ0v) is 7.53. The quantitative estimate of drug-likeness (QED) is 0.384. The summed E-state index contributed by atoms with van der Waals surface area (Å²) in [7, 11) is 0. The summed E-state index contributed by atoms with van der Waals surface area (Å²) in [6.07, 6.45) is 1.06. The summed E-state index contributed by atoms with van der Waals surface area (Å²) in [6, 6.07) is 0. The van der Waals surface area contributed by atoms with Crippen LogP contribution < -0.4 is 16.8 Å². The Morgan fingerprint density at radius 3 is 2.07 bits per heavy atom. The van der Waals surface area contributed by atoms with Crippen molar-refractivity contribution < 1.29 is 19.5 Å². The molecule has 0 unspecified atom stereocenters. The number of primary amides is 1. The molecule has 6 N–H and O–H groups in total. The predicted molar refractivity (Wildman–Crippen MR) is 49.1 cm³/mol. The molecule has 80 valence electrons. The number of carbonyl (C=O) groups is 3. The summed E-state index contributed by atoms with van der Waals surface area (Å²) in [4.78, 5) is 29.5. The fraction of sp³-hybridized carbons (Fsp3) is 0.286. The molecule has 0 rings (SSSR count). The van der Waals surface area contributed by atoms with Gasteiger partial charge in [-0.2, -0.15) is 0 Å². The topological polar surface area (TPSA) is 136 Å². The van der Waals surface area contributed by atoms with Gasteiger partial charge in [0.25, 0.3) is 0 Å². The van der Waals surface area contributed by atoms with Crippen LogP contribution in [0.4, 0.5) is 0 Å². The average Bonchev–Trinajstić information content (AvgIpc) is 2.14. The van der Waals surface area contributed by atoms with Gasteiger partial charge >= 0.3 is 5.97 Å². The van der Waals surface area contributed by atoms with Crippen LogP contribution in [0.25, 0.3) is 0 Å². The summed E-state index contributed by atoms with van der Waals surface area (Å²) in [5.74, 6) is -2.01. The predicted octanol–water partition coefficient (Wildman–Crippen LogP) is -2.20. The van der Waals surface area contributed by atoms with Crippen molar-refractivity contribution in [2.24, 2.45) is 11.5 Å². The fourth-order valence-electron chi connectivity index (χ4n) is 0.246. The normalized spacial score (nSPS) is 7.79. The number of hydrogen-bond donors (Lipinski definition) is 4. The number of nitrogens with two attached hydrogens (primary N) is 2. The van der Waals surface area contributed by atoms with Gasteiger partial charge < -0.3 is 21.9 Å². The van der Waals surface area contributed by atoms with Crippen LogP contribution in [0.3, 0.4) is 0 Å². The number of aliphatic carboxylic acids is 1. The minimum absolute atomic E-state index is 0.173. The maximum absolute atomic E-state index is 10.2. The third-order valence-electron chi connectivity index (χ3n) is 0.823. The van der Waals surface area contributed by atoms with E-state index >= 15 is 0 Å². The molecular weight excluding hydrogens is 190 g/mol. The Morgan fingerprint density at radius 2 is 1.86 bits per heavy atom. The van der Waals surface area contributed by atoms with Crippen LogP contribution in [0.1, 0.15) is 0 Å². The van der Waals surface area contributed by atoms with Crippen molar-refractivity contribution in [1.82, 2.24) is 5.32 Å². The van der Waals surface area contributed by atoms with Crippen molar-refractivity contribution in [3.05, 3.63) is 12.7 Å². The van der Waals surface area contributed by atoms with Crippen LogP contribution in [-0.4, -0.2) is 36.0 Å². The molecule has 0 saturated heterocycles. The second kappa shape index (κ2) is 9.20. The molecule has 7 heteroatoms. The van der Waals surface area contributed by atoms with E-state index in [1.807, 2.05) is 0 Å². The molecule has 0 fully saturated rings. The number of rotatable bonds is 4. The molecular formula is C7H13N3O4. The molecule has 0 heterocycles. The molecule has 0 aliphatic carbocycles. The second-order valence-electron chi connectivity index (χ2n) is 1.98. The van der Waals surface area contributed by atoms with Gasteiger partial charge in [0.1, 0.15) is 6.54 Å². The highest BCUT2D eigenvalue weighted by atomic mass is 16.4. The van der Waals surface area contributed by atoms with Crippen molar-refractivity contribution in [2.45, 2.75) is 0 Å². The van der Waals surface area contributed by atoms with Crippen LogP contribution in [-0.2, 0) is 14.4 Å². The highest BCUT2D eigenvalue weighted by molar-refractivity contribution is 5.85. The first kappa shape index (κ1) is 14.6. The lowest BCUT2D eigenvalue weighted by molar-refractivity contribution is -0.137. The highest BCUT2D eigenvalue weighted by Crippen LogP contribution is 1.60. The smallest absolute Gasteiger partial charge is 0.322 e. The minimum Gasteiger partial charge on any atom is -0.480 e. The lowest BCUT2D eigenvalue weighted by Gasteiger charge is -1.95. The van der Waals surface area contributed by atoms with E-state index in [0.717, 1.165) is 6.08 Å². The first-order valence-electron chi connectivity index (χ1n) is 3.54. The van der Waals surface area contributed by atoms with Crippen LogP contribution in [0.5, 0.6) is 0 Å². The van der Waals surface area contributed by atoms with E-state index in [-0.39, 0.29) is 13.1 Å². The van der Waals surface area contributed by atoms with Crippen LogP contribution in [0.2, 0.25) is 0 Å². The number of carboxylic acid groups (broad SMARTS) is 1. The lowest BCUT2D eigenvalue weighted by Crippen LogP contribution is -2.34. The molecule has 0 aliphatic heterocycles. The number of carbonyl (C=O) groups excluding carboxylic acids is 2. The van der Waals surface area contributed by atoms with Crippen molar-refractivity contribution >= 4 is 17.8 Å². The van der Waals surface area contributed by atoms with E-state index in [1.165, 1.54) is 0 Å². The Bertz CT molecular complexity index is 227. The number of amides is 2. The van der Waals surface area contributed by atoms with Gasteiger partial charge in [0.05, 0.1) is 6.54 Å². The van der Waals surface area contributed by atoms with E-state index in [4.69, 9.17) is 10.8 Å². The lowest BCUT2D eigenvalue weighted by atomic mass is 10.5. The number of carboxylic acids is 1. The first-order valence-corrected chi connectivity index (χ1v) is 3.54. The molecule has 0 bridgehead atoms. The first-order chi connectivity index (χ1) is 6.43. The van der Waals surface area contributed by atoms with Crippen LogP contribution in [0.15, 0.2) is 12.7 Å². The second-order valence-corrected chi connectivity index (χ2v) is 1.98. The molecule has 14 heavy (non-hydrogen) atoms. The summed E-state index contributed by atoms with van der Waals surface area (Å²) in [5.41, 5.74) is 9.39. The number of nitrogens with one attached hydrogen (secondary N) is 1. The molecule has 0 spiro atoms. The third-order valence-corrected chi connectivity index (χ3v) is 0.823. The maximum atomic E-state index is 10.2. The summed E-state index contributed by atoms with van der Waals surface area (Å²) in [5, 5.41) is 10.1. The summed E-state index contributed by atoms with van der Waals surface area (Å²) < 4.78 is 0. The molecule has 0 aromatic carbocycles. The average molecular weight is 203 g/mol. The number of hydrogen-bond acceptors (Lipinski definition) is 4. The maximum Gasteiger partial charge on any atom is 0.322 e. The van der Waals surface area contributed by atoms with Gasteiger partial charge in [-0.1, -0.05) is 6.58 Å². The SMILES string of the molecule is C=CC(N)=O.NCC(=O)NCC(=O)O. The fourth-order valence-corrected chi connectivity index (χ4v) is 0.246. The zero-order valence-electron chi connectivity index (χ0n) is 7.53. The third kappa shape index (κ3) is 16.6. The minimum atomic E-state index is -1.07. The van der Waals surface area contributed by atoms with E-state index in [9.17, 15) is 14.4 Å². The van der Waals surface area contributed by atoms with Crippen molar-refractivity contribution in [1.29, 1.82) is 0 Å². The molecule has 2 amide bonds. The Balaban J connectivity index is 0. The Morgan fingerprint density at radius 1 is 1.43 bits per heavy atom. The Kier molecular flexibility index (Phi) is 9.61. The molecule has 0 saturated carbocycles.